The number of rotatable bonds is 7. The summed E-state index contributed by atoms with van der Waals surface area (Å²) in [6.45, 7) is 2.96. The lowest BCUT2D eigenvalue weighted by atomic mass is 10.2. The van der Waals surface area contributed by atoms with Crippen LogP contribution in [-0.4, -0.2) is 41.3 Å². The third-order valence-corrected chi connectivity index (χ3v) is 7.23. The molecular formula is C28H25ClFN5O3S. The van der Waals surface area contributed by atoms with Gasteiger partial charge in [-0.1, -0.05) is 35.6 Å². The Balaban J connectivity index is 1.24. The summed E-state index contributed by atoms with van der Waals surface area (Å²) in [6.07, 6.45) is 1.79. The average molecular weight is 566 g/mol. The van der Waals surface area contributed by atoms with Gasteiger partial charge in [0.15, 0.2) is 5.82 Å². The second-order valence-electron chi connectivity index (χ2n) is 8.76. The van der Waals surface area contributed by atoms with Crippen LogP contribution in [0.5, 0.6) is 5.75 Å². The van der Waals surface area contributed by atoms with Crippen LogP contribution in [0.4, 0.5) is 20.7 Å². The van der Waals surface area contributed by atoms with Crippen LogP contribution in [0.3, 0.4) is 0 Å². The van der Waals surface area contributed by atoms with Crippen LogP contribution in [0.15, 0.2) is 54.9 Å². The molecule has 0 unspecified atom stereocenters. The van der Waals surface area contributed by atoms with Crippen LogP contribution < -0.4 is 20.7 Å². The van der Waals surface area contributed by atoms with E-state index in [1.54, 1.807) is 31.2 Å². The van der Waals surface area contributed by atoms with Crippen molar-refractivity contribution in [2.24, 2.45) is 0 Å². The molecule has 0 saturated carbocycles. The van der Waals surface area contributed by atoms with E-state index in [0.29, 0.717) is 41.7 Å². The average Bonchev–Trinajstić information content (AvgIpc) is 3.54. The molecule has 200 valence electrons. The number of nitrogens with zero attached hydrogens (tertiary/aromatic N) is 2. The molecule has 8 nitrogen and oxygen atoms in total. The molecule has 5 rings (SSSR count). The van der Waals surface area contributed by atoms with Crippen LogP contribution in [0.1, 0.15) is 23.8 Å². The molecule has 2 aromatic carbocycles. The lowest BCUT2D eigenvalue weighted by Gasteiger charge is -2.11. The number of hydrogen-bond acceptors (Lipinski definition) is 8. The fraction of sp³-hybridized carbons (Fsp3) is 0.250. The zero-order chi connectivity index (χ0) is 27.2. The number of nitrogens with one attached hydrogen (secondary N) is 3. The Morgan fingerprint density at radius 2 is 2.15 bits per heavy atom. The summed E-state index contributed by atoms with van der Waals surface area (Å²) in [7, 11) is 0. The quantitative estimate of drug-likeness (QED) is 0.250. The number of ether oxygens (including phenoxy) is 2. The number of amides is 1. The molecular weight excluding hydrogens is 541 g/mol. The summed E-state index contributed by atoms with van der Waals surface area (Å²) >= 11 is 7.94. The first-order valence-electron chi connectivity index (χ1n) is 12.3. The van der Waals surface area contributed by atoms with Gasteiger partial charge in [-0.05, 0) is 55.3 Å². The van der Waals surface area contributed by atoms with Crippen molar-refractivity contribution >= 4 is 50.8 Å². The Bertz CT molecular complexity index is 1550. The number of carbonyl (C=O) groups excluding carboxylic acids is 1. The summed E-state index contributed by atoms with van der Waals surface area (Å²) in [4.78, 5) is 21.3. The maximum atomic E-state index is 13.4. The van der Waals surface area contributed by atoms with Crippen LogP contribution in [0.2, 0.25) is 5.02 Å². The molecule has 1 amide bonds. The van der Waals surface area contributed by atoms with E-state index in [9.17, 15) is 9.18 Å². The Morgan fingerprint density at radius 3 is 2.97 bits per heavy atom. The minimum absolute atomic E-state index is 0.0163. The van der Waals surface area contributed by atoms with Crippen LogP contribution in [0.25, 0.3) is 10.2 Å². The first-order chi connectivity index (χ1) is 19.0. The van der Waals surface area contributed by atoms with Crippen molar-refractivity contribution < 1.29 is 18.7 Å². The highest BCUT2D eigenvalue weighted by Gasteiger charge is 2.24. The molecule has 3 heterocycles. The molecule has 0 aliphatic carbocycles. The van der Waals surface area contributed by atoms with E-state index >= 15 is 0 Å². The molecule has 11 heteroatoms. The summed E-state index contributed by atoms with van der Waals surface area (Å²) in [5.74, 6) is 7.28. The number of carbonyl (C=O) groups is 1. The van der Waals surface area contributed by atoms with Crippen molar-refractivity contribution in [2.45, 2.75) is 32.0 Å². The molecule has 4 aromatic rings. The van der Waals surface area contributed by atoms with Gasteiger partial charge < -0.3 is 25.4 Å². The largest absolute Gasteiger partial charge is 0.487 e. The Morgan fingerprint density at radius 1 is 1.26 bits per heavy atom. The van der Waals surface area contributed by atoms with Gasteiger partial charge in [-0.3, -0.25) is 0 Å². The molecule has 0 radical (unpaired) electrons. The number of halogens is 2. The predicted octanol–water partition coefficient (Wildman–Crippen LogP) is 5.63. The number of aromatic nitrogens is 2. The minimum Gasteiger partial charge on any atom is -0.487 e. The van der Waals surface area contributed by atoms with E-state index in [4.69, 9.17) is 21.1 Å². The smallest absolute Gasteiger partial charge is 0.407 e. The van der Waals surface area contributed by atoms with E-state index in [-0.39, 0.29) is 24.5 Å². The fourth-order valence-electron chi connectivity index (χ4n) is 4.08. The van der Waals surface area contributed by atoms with Gasteiger partial charge in [-0.15, -0.1) is 11.3 Å². The van der Waals surface area contributed by atoms with Gasteiger partial charge in [0.05, 0.1) is 32.8 Å². The highest BCUT2D eigenvalue weighted by molar-refractivity contribution is 7.20. The zero-order valence-corrected chi connectivity index (χ0v) is 22.5. The Hall–Kier alpha value is -3.91. The number of thiophene rings is 1. The normalized spacial score (nSPS) is 16.4. The van der Waals surface area contributed by atoms with Gasteiger partial charge >= 0.3 is 6.09 Å². The van der Waals surface area contributed by atoms with Gasteiger partial charge in [0.2, 0.25) is 0 Å². The van der Waals surface area contributed by atoms with Gasteiger partial charge in [0.1, 0.15) is 24.5 Å². The molecule has 39 heavy (non-hydrogen) atoms. The molecule has 2 atom stereocenters. The van der Waals surface area contributed by atoms with Crippen LogP contribution in [0, 0.1) is 17.7 Å². The van der Waals surface area contributed by atoms with E-state index in [1.807, 2.05) is 12.1 Å². The SMILES string of the molecule is CCOC(=O)N[C@H]1CN[C@@H](C#Cc2cc3ncnc(Nc4ccc(OCc5cccc(F)c5)c(Cl)c4)c3s2)C1. The Labute approximate surface area is 233 Å². The molecule has 1 aliphatic rings. The maximum Gasteiger partial charge on any atom is 0.407 e. The lowest BCUT2D eigenvalue weighted by molar-refractivity contribution is 0.148. The second kappa shape index (κ2) is 12.3. The van der Waals surface area contributed by atoms with Gasteiger partial charge in [-0.2, -0.15) is 0 Å². The number of hydrogen-bond donors (Lipinski definition) is 3. The highest BCUT2D eigenvalue weighted by atomic mass is 35.5. The van der Waals surface area contributed by atoms with Crippen molar-refractivity contribution in [3.63, 3.8) is 0 Å². The molecule has 1 saturated heterocycles. The standard InChI is InChI=1S/C28H25ClFN5O3S/c1-2-37-28(36)35-21-11-19(31-14-21)6-8-22-13-24-26(39-22)27(33-16-32-24)34-20-7-9-25(23(29)12-20)38-15-17-4-3-5-18(30)10-17/h3-5,7,9-10,12-13,16,19,21,31H,2,11,14-15H2,1H3,(H,35,36)(H,32,33,34)/t19-,21+/m0/s1. The molecule has 0 spiro atoms. The molecule has 1 aliphatic heterocycles. The van der Waals surface area contributed by atoms with E-state index < -0.39 is 6.09 Å². The summed E-state index contributed by atoms with van der Waals surface area (Å²) in [6, 6.07) is 13.5. The molecule has 1 fully saturated rings. The number of fused-ring (bicyclic) bond motifs is 1. The lowest BCUT2D eigenvalue weighted by Crippen LogP contribution is -2.36. The van der Waals surface area contributed by atoms with Crippen molar-refractivity contribution in [2.75, 3.05) is 18.5 Å². The van der Waals surface area contributed by atoms with E-state index in [1.165, 1.54) is 29.8 Å². The van der Waals surface area contributed by atoms with Crippen LogP contribution in [-0.2, 0) is 11.3 Å². The van der Waals surface area contributed by atoms with Crippen molar-refractivity contribution in [1.82, 2.24) is 20.6 Å². The number of benzene rings is 2. The third kappa shape index (κ3) is 6.95. The van der Waals surface area contributed by atoms with Crippen LogP contribution >= 0.6 is 22.9 Å². The van der Waals surface area contributed by atoms with Gasteiger partial charge in [-0.25, -0.2) is 19.2 Å². The maximum absolute atomic E-state index is 13.4. The highest BCUT2D eigenvalue weighted by Crippen LogP contribution is 2.33. The summed E-state index contributed by atoms with van der Waals surface area (Å²) in [5.41, 5.74) is 2.23. The van der Waals surface area contributed by atoms with Gasteiger partial charge in [0.25, 0.3) is 0 Å². The topological polar surface area (TPSA) is 97.4 Å². The molecule has 3 N–H and O–H groups in total. The van der Waals surface area contributed by atoms with Crippen molar-refractivity contribution in [3.8, 4) is 17.6 Å². The minimum atomic E-state index is -0.409. The van der Waals surface area contributed by atoms with Crippen molar-refractivity contribution in [1.29, 1.82) is 0 Å². The molecule has 2 aromatic heterocycles. The predicted molar refractivity (Wildman–Crippen MR) is 150 cm³/mol. The number of anilines is 2. The first kappa shape index (κ1) is 26.7. The number of alkyl carbamates (subject to hydrolysis) is 1. The first-order valence-corrected chi connectivity index (χ1v) is 13.5. The third-order valence-electron chi connectivity index (χ3n) is 5.89. The monoisotopic (exact) mass is 565 g/mol. The summed E-state index contributed by atoms with van der Waals surface area (Å²) in [5, 5.41) is 9.87. The van der Waals surface area contributed by atoms with Gasteiger partial charge in [0, 0.05) is 18.3 Å². The zero-order valence-electron chi connectivity index (χ0n) is 21.0. The fourth-order valence-corrected chi connectivity index (χ4v) is 5.23. The molecule has 0 bridgehead atoms. The Kier molecular flexibility index (Phi) is 8.42. The van der Waals surface area contributed by atoms with E-state index in [2.05, 4.69) is 37.8 Å². The summed E-state index contributed by atoms with van der Waals surface area (Å²) < 4.78 is 25.0. The second-order valence-corrected chi connectivity index (χ2v) is 10.2. The van der Waals surface area contributed by atoms with Crippen molar-refractivity contribution in [3.05, 3.63) is 76.1 Å². The van der Waals surface area contributed by atoms with E-state index in [0.717, 1.165) is 20.8 Å².